The second kappa shape index (κ2) is 9.87. The number of esters is 4. The van der Waals surface area contributed by atoms with Crippen LogP contribution in [0.4, 0.5) is 0 Å². The van der Waals surface area contributed by atoms with Crippen LogP contribution in [0.3, 0.4) is 0 Å². The number of ether oxygens (including phenoxy) is 4. The molecule has 0 spiro atoms. The zero-order valence-electron chi connectivity index (χ0n) is 26.1. The van der Waals surface area contributed by atoms with Gasteiger partial charge in [0.2, 0.25) is 0 Å². The third kappa shape index (κ3) is 4.42. The maximum Gasteiger partial charge on any atom is 0.338 e. The largest absolute Gasteiger partial charge is 0.461 e. The minimum atomic E-state index is -1.98. The van der Waals surface area contributed by atoms with Gasteiger partial charge in [0.05, 0.1) is 11.5 Å². The highest BCUT2D eigenvalue weighted by atomic mass is 16.6. The number of Topliss-reactive ketones (excluding diaryl/α,β-unsaturated/α-hetero) is 1. The Kier molecular flexibility index (Phi) is 7.16. The van der Waals surface area contributed by atoms with Gasteiger partial charge >= 0.3 is 23.9 Å². The lowest BCUT2D eigenvalue weighted by Gasteiger charge is -2.62. The Morgan fingerprint density at radius 1 is 0.814 bits per heavy atom. The predicted molar refractivity (Wildman–Crippen MR) is 151 cm³/mol. The van der Waals surface area contributed by atoms with Crippen LogP contribution in [0.5, 0.6) is 0 Å². The van der Waals surface area contributed by atoms with Gasteiger partial charge < -0.3 is 24.1 Å². The molecule has 0 aromatic heterocycles. The van der Waals surface area contributed by atoms with E-state index in [1.807, 2.05) is 27.7 Å². The monoisotopic (exact) mass is 598 g/mol. The zero-order chi connectivity index (χ0) is 31.9. The number of carbonyl (C=O) groups excluding carboxylic acids is 5. The molecule has 0 radical (unpaired) electrons. The van der Waals surface area contributed by atoms with E-state index in [-0.39, 0.29) is 23.7 Å². The summed E-state index contributed by atoms with van der Waals surface area (Å²) in [6.07, 6.45) is -3.06. The van der Waals surface area contributed by atoms with Crippen LogP contribution in [0.2, 0.25) is 0 Å². The lowest BCUT2D eigenvalue weighted by molar-refractivity contribution is -0.284. The van der Waals surface area contributed by atoms with E-state index in [0.29, 0.717) is 12.8 Å². The Hall–Kier alpha value is -3.27. The van der Waals surface area contributed by atoms with Crippen molar-refractivity contribution in [1.82, 2.24) is 0 Å². The first kappa shape index (κ1) is 31.2. The molecule has 0 aliphatic heterocycles. The molecule has 0 unspecified atom stereocenters. The highest BCUT2D eigenvalue weighted by molar-refractivity contribution is 5.90. The van der Waals surface area contributed by atoms with Crippen LogP contribution in [0, 0.1) is 34.0 Å². The molecule has 0 heterocycles. The number of hydrogen-bond donors (Lipinski definition) is 1. The number of aliphatic hydroxyl groups is 1. The maximum atomic E-state index is 13.7. The standard InChI is InChI=1S/C33H42O10/c1-17(34)40-25-23-26(42-27(38)20-12-10-9-11-13-20)31(7,43-19(3)36)16-33(23,39)28(41-18(2)35)32(8)22-15-29(4,5)24(37)21(22)14-30(25,32)6/h9-13,21-23,25-26,28,39H,14-16H2,1-8H3/t21-,22-,23+,25-,26-,28-,30+,31-,32-,33-/m0/s1. The van der Waals surface area contributed by atoms with Crippen LogP contribution in [0.1, 0.15) is 85.0 Å². The minimum Gasteiger partial charge on any atom is -0.461 e. The second-order valence-corrected chi connectivity index (χ2v) is 14.4. The van der Waals surface area contributed by atoms with Crippen LogP contribution in [0.15, 0.2) is 30.3 Å². The predicted octanol–water partition coefficient (Wildman–Crippen LogP) is 3.81. The van der Waals surface area contributed by atoms with Crippen molar-refractivity contribution in [3.8, 4) is 0 Å². The molecule has 1 N–H and O–H groups in total. The SMILES string of the molecule is CC(=O)O[C@@H]1[C@]2(O)C[C@](C)(OC(C)=O)[C@@H](OC(=O)c3ccccc3)[C@H]2[C@H](OC(C)=O)[C@@]2(C)C[C@@H]3C(=O)C(C)(C)C[C@@H]3[C@@]12C. The molecule has 4 fully saturated rings. The first-order valence-corrected chi connectivity index (χ1v) is 14.9. The van der Waals surface area contributed by atoms with Crippen molar-refractivity contribution in [2.24, 2.45) is 34.0 Å². The van der Waals surface area contributed by atoms with Gasteiger partial charge in [-0.05, 0) is 37.8 Å². The average Bonchev–Trinajstić information content (AvgIpc) is 3.35. The highest BCUT2D eigenvalue weighted by Gasteiger charge is 2.83. The topological polar surface area (TPSA) is 143 Å². The third-order valence-electron chi connectivity index (χ3n) is 11.2. The normalized spacial score (nSPS) is 42.3. The van der Waals surface area contributed by atoms with Gasteiger partial charge in [-0.2, -0.15) is 0 Å². The van der Waals surface area contributed by atoms with Crippen molar-refractivity contribution in [1.29, 1.82) is 0 Å². The lowest BCUT2D eigenvalue weighted by atomic mass is 9.47. The van der Waals surface area contributed by atoms with Gasteiger partial charge in [0, 0.05) is 49.4 Å². The fourth-order valence-corrected chi connectivity index (χ4v) is 9.54. The van der Waals surface area contributed by atoms with Crippen molar-refractivity contribution in [2.45, 2.75) is 104 Å². The van der Waals surface area contributed by atoms with Crippen LogP contribution >= 0.6 is 0 Å². The number of hydrogen-bond acceptors (Lipinski definition) is 10. The van der Waals surface area contributed by atoms with E-state index in [1.165, 1.54) is 20.8 Å². The van der Waals surface area contributed by atoms with Gasteiger partial charge in [-0.3, -0.25) is 19.2 Å². The fourth-order valence-electron chi connectivity index (χ4n) is 9.54. The lowest BCUT2D eigenvalue weighted by Crippen LogP contribution is -2.72. The molecule has 0 saturated heterocycles. The van der Waals surface area contributed by atoms with E-state index in [9.17, 15) is 29.1 Å². The van der Waals surface area contributed by atoms with Gasteiger partial charge in [0.25, 0.3) is 0 Å². The van der Waals surface area contributed by atoms with Gasteiger partial charge in [0.15, 0.2) is 6.10 Å². The maximum absolute atomic E-state index is 13.7. The van der Waals surface area contributed by atoms with Crippen molar-refractivity contribution in [3.63, 3.8) is 0 Å². The highest BCUT2D eigenvalue weighted by Crippen LogP contribution is 2.75. The van der Waals surface area contributed by atoms with E-state index in [2.05, 4.69) is 0 Å². The van der Waals surface area contributed by atoms with Crippen LogP contribution in [0.25, 0.3) is 0 Å². The zero-order valence-corrected chi connectivity index (χ0v) is 26.1. The molecule has 10 nitrogen and oxygen atoms in total. The molecule has 0 amide bonds. The van der Waals surface area contributed by atoms with Crippen molar-refractivity contribution in [2.75, 3.05) is 0 Å². The van der Waals surface area contributed by atoms with Crippen molar-refractivity contribution >= 4 is 29.7 Å². The Balaban J connectivity index is 1.74. The summed E-state index contributed by atoms with van der Waals surface area (Å²) in [6.45, 7) is 12.9. The fraction of sp³-hybridized carbons (Fsp3) is 0.667. The molecule has 1 aromatic carbocycles. The summed E-state index contributed by atoms with van der Waals surface area (Å²) in [5, 5.41) is 12.9. The summed E-state index contributed by atoms with van der Waals surface area (Å²) in [5.41, 5.74) is -6.01. The molecule has 4 aliphatic rings. The number of fused-ring (bicyclic) bond motifs is 4. The summed E-state index contributed by atoms with van der Waals surface area (Å²) in [6, 6.07) is 8.24. The number of ketones is 1. The molecule has 10 atom stereocenters. The molecule has 1 aromatic rings. The van der Waals surface area contributed by atoms with Crippen LogP contribution < -0.4 is 0 Å². The molecule has 4 aliphatic carbocycles. The molecule has 10 heteroatoms. The second-order valence-electron chi connectivity index (χ2n) is 14.4. The Bertz CT molecular complexity index is 1370. The van der Waals surface area contributed by atoms with Crippen LogP contribution in [-0.4, -0.2) is 64.3 Å². The van der Waals surface area contributed by atoms with Gasteiger partial charge in [-0.1, -0.05) is 45.9 Å². The molecule has 0 bridgehead atoms. The van der Waals surface area contributed by atoms with Crippen molar-refractivity contribution in [3.05, 3.63) is 35.9 Å². The van der Waals surface area contributed by atoms with E-state index in [4.69, 9.17) is 18.9 Å². The van der Waals surface area contributed by atoms with E-state index in [0.717, 1.165) is 0 Å². The molecular weight excluding hydrogens is 556 g/mol. The average molecular weight is 599 g/mol. The quantitative estimate of drug-likeness (QED) is 0.393. The summed E-state index contributed by atoms with van der Waals surface area (Å²) in [4.78, 5) is 65.2. The first-order chi connectivity index (χ1) is 19.8. The van der Waals surface area contributed by atoms with E-state index < -0.39 is 81.5 Å². The number of carbonyl (C=O) groups is 5. The Morgan fingerprint density at radius 3 is 1.98 bits per heavy atom. The number of rotatable bonds is 5. The summed E-state index contributed by atoms with van der Waals surface area (Å²) >= 11 is 0. The van der Waals surface area contributed by atoms with E-state index >= 15 is 0 Å². The molecular formula is C33H42O10. The molecule has 234 valence electrons. The first-order valence-electron chi connectivity index (χ1n) is 14.9. The minimum absolute atomic E-state index is 0.0754. The third-order valence-corrected chi connectivity index (χ3v) is 11.2. The Morgan fingerprint density at radius 2 is 1.42 bits per heavy atom. The Labute approximate surface area is 251 Å². The van der Waals surface area contributed by atoms with E-state index in [1.54, 1.807) is 37.3 Å². The molecule has 43 heavy (non-hydrogen) atoms. The van der Waals surface area contributed by atoms with Gasteiger partial charge in [0.1, 0.15) is 29.2 Å². The van der Waals surface area contributed by atoms with Crippen LogP contribution in [-0.2, 0) is 38.1 Å². The number of benzene rings is 1. The van der Waals surface area contributed by atoms with Crippen molar-refractivity contribution < 1.29 is 48.0 Å². The van der Waals surface area contributed by atoms with Gasteiger partial charge in [-0.15, -0.1) is 0 Å². The molecule has 5 rings (SSSR count). The summed E-state index contributed by atoms with van der Waals surface area (Å²) < 4.78 is 24.1. The summed E-state index contributed by atoms with van der Waals surface area (Å²) in [7, 11) is 0. The summed E-state index contributed by atoms with van der Waals surface area (Å²) in [5.74, 6) is -4.48. The smallest absolute Gasteiger partial charge is 0.338 e. The molecule has 4 saturated carbocycles. The van der Waals surface area contributed by atoms with Gasteiger partial charge in [-0.25, -0.2) is 4.79 Å².